The van der Waals surface area contributed by atoms with Crippen LogP contribution in [0.1, 0.15) is 47.7 Å². The minimum Gasteiger partial charge on any atom is -0.490 e. The molecule has 1 atom stereocenters. The lowest BCUT2D eigenvalue weighted by atomic mass is 9.88. The monoisotopic (exact) mass is 497 g/mol. The third-order valence-electron chi connectivity index (χ3n) is 7.98. The number of nitrogens with one attached hydrogen (secondary N) is 1. The number of rotatable bonds is 7. The molecule has 37 heavy (non-hydrogen) atoms. The molecule has 6 rings (SSSR count). The number of piperidine rings is 1. The van der Waals surface area contributed by atoms with Gasteiger partial charge in [0, 0.05) is 30.5 Å². The molecule has 2 fully saturated rings. The van der Waals surface area contributed by atoms with Gasteiger partial charge in [-0.3, -0.25) is 4.79 Å². The number of aromatic nitrogens is 1. The van der Waals surface area contributed by atoms with Crippen molar-refractivity contribution in [2.24, 2.45) is 0 Å². The largest absolute Gasteiger partial charge is 0.490 e. The van der Waals surface area contributed by atoms with Gasteiger partial charge in [0.2, 0.25) is 0 Å². The summed E-state index contributed by atoms with van der Waals surface area (Å²) in [6.07, 6.45) is 3.76. The van der Waals surface area contributed by atoms with Gasteiger partial charge in [-0.1, -0.05) is 48.5 Å². The SMILES string of the molecule is O=C(c1cc2c(OC[C@@H](O)CN3CCC(c4ccc5ccccc5c4)CC3)cccc2[nH]1)N1CCCC1. The van der Waals surface area contributed by atoms with Crippen molar-refractivity contribution in [2.75, 3.05) is 39.3 Å². The fourth-order valence-electron chi connectivity index (χ4n) is 5.91. The van der Waals surface area contributed by atoms with E-state index in [4.69, 9.17) is 4.74 Å². The molecule has 3 heterocycles. The van der Waals surface area contributed by atoms with Gasteiger partial charge in [0.25, 0.3) is 5.91 Å². The van der Waals surface area contributed by atoms with E-state index in [0.29, 0.717) is 23.9 Å². The number of β-amino-alcohol motifs (C(OH)–C–C–N with tert-alkyl or cyclic N) is 1. The zero-order chi connectivity index (χ0) is 25.2. The molecule has 6 heteroatoms. The van der Waals surface area contributed by atoms with E-state index in [2.05, 4.69) is 52.3 Å². The smallest absolute Gasteiger partial charge is 0.270 e. The topological polar surface area (TPSA) is 68.8 Å². The molecule has 2 saturated heterocycles. The van der Waals surface area contributed by atoms with E-state index in [0.717, 1.165) is 62.8 Å². The predicted molar refractivity (Wildman–Crippen MR) is 147 cm³/mol. The summed E-state index contributed by atoms with van der Waals surface area (Å²) in [4.78, 5) is 20.3. The first-order valence-corrected chi connectivity index (χ1v) is 13.6. The Balaban J connectivity index is 1.02. The standard InChI is InChI=1S/C31H35N3O3/c35-26(20-33-16-12-23(13-17-33)25-11-10-22-6-1-2-7-24(22)18-25)21-37-30-9-5-8-28-27(30)19-29(32-28)31(36)34-14-3-4-15-34/h1-2,5-11,18-19,23,26,32,35H,3-4,12-17,20-21H2/t26-/m0/s1. The first kappa shape index (κ1) is 24.0. The van der Waals surface area contributed by atoms with Crippen LogP contribution in [0.25, 0.3) is 21.7 Å². The molecule has 3 aromatic carbocycles. The van der Waals surface area contributed by atoms with Crippen LogP contribution < -0.4 is 4.74 Å². The number of hydrogen-bond acceptors (Lipinski definition) is 4. The molecule has 0 radical (unpaired) electrons. The summed E-state index contributed by atoms with van der Waals surface area (Å²) >= 11 is 0. The number of likely N-dealkylation sites (tertiary alicyclic amines) is 2. The first-order chi connectivity index (χ1) is 18.1. The number of H-pyrrole nitrogens is 1. The van der Waals surface area contributed by atoms with Crippen molar-refractivity contribution in [3.8, 4) is 5.75 Å². The molecule has 1 aromatic heterocycles. The molecule has 0 unspecified atom stereocenters. The Kier molecular flexibility index (Phi) is 6.85. The number of ether oxygens (including phenoxy) is 1. The quantitative estimate of drug-likeness (QED) is 0.369. The van der Waals surface area contributed by atoms with Crippen LogP contribution in [0.2, 0.25) is 0 Å². The predicted octanol–water partition coefficient (Wildman–Crippen LogP) is 5.18. The highest BCUT2D eigenvalue weighted by Crippen LogP contribution is 2.31. The number of aliphatic hydroxyl groups excluding tert-OH is 1. The third-order valence-corrected chi connectivity index (χ3v) is 7.98. The van der Waals surface area contributed by atoms with Gasteiger partial charge in [0.05, 0.1) is 0 Å². The summed E-state index contributed by atoms with van der Waals surface area (Å²) in [5.74, 6) is 1.31. The van der Waals surface area contributed by atoms with Gasteiger partial charge < -0.3 is 24.6 Å². The highest BCUT2D eigenvalue weighted by atomic mass is 16.5. The van der Waals surface area contributed by atoms with Crippen molar-refractivity contribution in [1.82, 2.24) is 14.8 Å². The van der Waals surface area contributed by atoms with Crippen LogP contribution in [0.5, 0.6) is 5.75 Å². The van der Waals surface area contributed by atoms with Gasteiger partial charge in [-0.2, -0.15) is 0 Å². The van der Waals surface area contributed by atoms with E-state index in [1.165, 1.54) is 16.3 Å². The molecule has 4 aromatic rings. The van der Waals surface area contributed by atoms with Crippen LogP contribution >= 0.6 is 0 Å². The number of fused-ring (bicyclic) bond motifs is 2. The summed E-state index contributed by atoms with van der Waals surface area (Å²) in [5, 5.41) is 14.2. The lowest BCUT2D eigenvalue weighted by Gasteiger charge is -2.33. The van der Waals surface area contributed by atoms with Crippen LogP contribution in [-0.2, 0) is 0 Å². The van der Waals surface area contributed by atoms with Gasteiger partial charge in [0.15, 0.2) is 0 Å². The Morgan fingerprint density at radius 3 is 2.54 bits per heavy atom. The molecule has 6 nitrogen and oxygen atoms in total. The zero-order valence-corrected chi connectivity index (χ0v) is 21.2. The Morgan fingerprint density at radius 1 is 0.946 bits per heavy atom. The molecule has 0 saturated carbocycles. The number of aliphatic hydroxyl groups is 1. The highest BCUT2D eigenvalue weighted by Gasteiger charge is 2.24. The van der Waals surface area contributed by atoms with Gasteiger partial charge >= 0.3 is 0 Å². The lowest BCUT2D eigenvalue weighted by Crippen LogP contribution is -2.40. The Labute approximate surface area is 217 Å². The number of carbonyl (C=O) groups is 1. The molecule has 1 amide bonds. The van der Waals surface area contributed by atoms with Crippen molar-refractivity contribution in [3.63, 3.8) is 0 Å². The Bertz CT molecular complexity index is 1380. The number of nitrogens with zero attached hydrogens (tertiary/aromatic N) is 2. The summed E-state index contributed by atoms with van der Waals surface area (Å²) in [7, 11) is 0. The second-order valence-electron chi connectivity index (χ2n) is 10.5. The number of aromatic amines is 1. The van der Waals surface area contributed by atoms with Gasteiger partial charge in [0.1, 0.15) is 24.2 Å². The second kappa shape index (κ2) is 10.6. The number of benzene rings is 3. The normalized spacial score (nSPS) is 18.0. The molecule has 2 aliphatic heterocycles. The molecule has 2 aliphatic rings. The molecule has 0 bridgehead atoms. The number of amides is 1. The molecule has 192 valence electrons. The summed E-state index contributed by atoms with van der Waals surface area (Å²) in [6, 6.07) is 23.0. The fraction of sp³-hybridized carbons (Fsp3) is 0.387. The van der Waals surface area contributed by atoms with Crippen molar-refractivity contribution >= 4 is 27.6 Å². The van der Waals surface area contributed by atoms with Crippen LogP contribution in [0, 0.1) is 0 Å². The van der Waals surface area contributed by atoms with Crippen molar-refractivity contribution < 1.29 is 14.6 Å². The van der Waals surface area contributed by atoms with Gasteiger partial charge in [-0.15, -0.1) is 0 Å². The maximum atomic E-state index is 12.8. The summed E-state index contributed by atoms with van der Waals surface area (Å²) in [6.45, 7) is 4.43. The second-order valence-corrected chi connectivity index (χ2v) is 10.5. The van der Waals surface area contributed by atoms with Crippen molar-refractivity contribution in [2.45, 2.75) is 37.7 Å². The first-order valence-electron chi connectivity index (χ1n) is 13.6. The summed E-state index contributed by atoms with van der Waals surface area (Å²) in [5.41, 5.74) is 2.90. The van der Waals surface area contributed by atoms with Crippen molar-refractivity contribution in [3.05, 3.63) is 78.0 Å². The van der Waals surface area contributed by atoms with E-state index < -0.39 is 6.10 Å². The Morgan fingerprint density at radius 2 is 1.73 bits per heavy atom. The zero-order valence-electron chi connectivity index (χ0n) is 21.2. The van der Waals surface area contributed by atoms with Crippen LogP contribution in [0.15, 0.2) is 66.7 Å². The molecule has 2 N–H and O–H groups in total. The molecule has 0 spiro atoms. The van der Waals surface area contributed by atoms with Gasteiger partial charge in [-0.05, 0) is 79.2 Å². The average molecular weight is 498 g/mol. The van der Waals surface area contributed by atoms with Gasteiger partial charge in [-0.25, -0.2) is 0 Å². The van der Waals surface area contributed by atoms with E-state index >= 15 is 0 Å². The van der Waals surface area contributed by atoms with E-state index in [1.54, 1.807) is 0 Å². The minimum absolute atomic E-state index is 0.0479. The fourth-order valence-corrected chi connectivity index (χ4v) is 5.91. The van der Waals surface area contributed by atoms with E-state index in [9.17, 15) is 9.90 Å². The lowest BCUT2D eigenvalue weighted by molar-refractivity contribution is 0.0599. The number of hydrogen-bond donors (Lipinski definition) is 2. The van der Waals surface area contributed by atoms with Crippen LogP contribution in [0.3, 0.4) is 0 Å². The van der Waals surface area contributed by atoms with Crippen LogP contribution in [-0.4, -0.2) is 71.2 Å². The maximum absolute atomic E-state index is 12.8. The average Bonchev–Trinajstić information content (AvgIpc) is 3.63. The van der Waals surface area contributed by atoms with Crippen LogP contribution in [0.4, 0.5) is 0 Å². The third kappa shape index (κ3) is 5.22. The van der Waals surface area contributed by atoms with E-state index in [1.807, 2.05) is 29.2 Å². The maximum Gasteiger partial charge on any atom is 0.270 e. The summed E-state index contributed by atoms with van der Waals surface area (Å²) < 4.78 is 6.05. The minimum atomic E-state index is -0.572. The Hall–Kier alpha value is -3.35. The molecule has 0 aliphatic carbocycles. The van der Waals surface area contributed by atoms with E-state index in [-0.39, 0.29) is 12.5 Å². The van der Waals surface area contributed by atoms with Crippen molar-refractivity contribution in [1.29, 1.82) is 0 Å². The molecular weight excluding hydrogens is 462 g/mol. The molecular formula is C31H35N3O3. The number of carbonyl (C=O) groups excluding carboxylic acids is 1. The highest BCUT2D eigenvalue weighted by molar-refractivity contribution is 5.99.